The summed E-state index contributed by atoms with van der Waals surface area (Å²) in [6.07, 6.45) is 1.72. The van der Waals surface area contributed by atoms with Crippen LogP contribution >= 0.6 is 7.60 Å². The van der Waals surface area contributed by atoms with Crippen LogP contribution in [0.5, 0.6) is 0 Å². The van der Waals surface area contributed by atoms with E-state index in [0.717, 1.165) is 5.56 Å². The van der Waals surface area contributed by atoms with Crippen molar-refractivity contribution in [2.45, 2.75) is 0 Å². The average Bonchev–Trinajstić information content (AvgIpc) is 2.27. The quantitative estimate of drug-likeness (QED) is 0.719. The predicted octanol–water partition coefficient (Wildman–Crippen LogP) is 3.14. The molecule has 0 atom stereocenters. The Morgan fingerprint density at radius 1 is 1.14 bits per heavy atom. The summed E-state index contributed by atoms with van der Waals surface area (Å²) in [4.78, 5) is 0. The molecule has 0 spiro atoms. The van der Waals surface area contributed by atoms with Crippen LogP contribution in [0.3, 0.4) is 0 Å². The maximum atomic E-state index is 11.6. The lowest BCUT2D eigenvalue weighted by Crippen LogP contribution is -1.83. The summed E-state index contributed by atoms with van der Waals surface area (Å²) in [5.41, 5.74) is 0.960. The largest absolute Gasteiger partial charge is 0.353 e. The Bertz CT molecular complexity index is 338. The van der Waals surface area contributed by atoms with Gasteiger partial charge >= 0.3 is 7.60 Å². The normalized spacial score (nSPS) is 12.1. The van der Waals surface area contributed by atoms with Crippen molar-refractivity contribution in [2.75, 3.05) is 14.2 Å². The Morgan fingerprint density at radius 2 is 1.71 bits per heavy atom. The fourth-order valence-corrected chi connectivity index (χ4v) is 1.68. The summed E-state index contributed by atoms with van der Waals surface area (Å²) >= 11 is 0. The van der Waals surface area contributed by atoms with Crippen molar-refractivity contribution in [1.82, 2.24) is 0 Å². The number of hydrogen-bond acceptors (Lipinski definition) is 3. The van der Waals surface area contributed by atoms with Crippen LogP contribution in [-0.2, 0) is 13.6 Å². The Labute approximate surface area is 83.9 Å². The van der Waals surface area contributed by atoms with Crippen LogP contribution < -0.4 is 0 Å². The molecule has 0 amide bonds. The molecule has 0 fully saturated rings. The van der Waals surface area contributed by atoms with E-state index in [-0.39, 0.29) is 0 Å². The van der Waals surface area contributed by atoms with Crippen LogP contribution in [0.1, 0.15) is 5.56 Å². The second-order valence-electron chi connectivity index (χ2n) is 2.63. The molecular formula is C10H13O3P. The van der Waals surface area contributed by atoms with E-state index in [9.17, 15) is 4.57 Å². The van der Waals surface area contributed by atoms with Crippen LogP contribution in [0.2, 0.25) is 0 Å². The van der Waals surface area contributed by atoms with E-state index < -0.39 is 7.60 Å². The van der Waals surface area contributed by atoms with Crippen molar-refractivity contribution in [3.63, 3.8) is 0 Å². The molecule has 1 rings (SSSR count). The molecule has 0 aromatic heterocycles. The first-order valence-corrected chi connectivity index (χ1v) is 5.77. The topological polar surface area (TPSA) is 35.5 Å². The third kappa shape index (κ3) is 3.11. The van der Waals surface area contributed by atoms with Crippen molar-refractivity contribution < 1.29 is 13.6 Å². The molecule has 0 saturated heterocycles. The van der Waals surface area contributed by atoms with E-state index in [4.69, 9.17) is 9.05 Å². The van der Waals surface area contributed by atoms with E-state index in [2.05, 4.69) is 0 Å². The van der Waals surface area contributed by atoms with E-state index in [0.29, 0.717) is 0 Å². The third-order valence-electron chi connectivity index (χ3n) is 1.76. The molecule has 1 aromatic rings. The van der Waals surface area contributed by atoms with Crippen LogP contribution in [0, 0.1) is 0 Å². The Balaban J connectivity index is 2.78. The van der Waals surface area contributed by atoms with Gasteiger partial charge in [0, 0.05) is 20.0 Å². The molecule has 14 heavy (non-hydrogen) atoms. The van der Waals surface area contributed by atoms with Gasteiger partial charge < -0.3 is 9.05 Å². The molecule has 0 radical (unpaired) electrons. The Morgan fingerprint density at radius 3 is 2.21 bits per heavy atom. The van der Waals surface area contributed by atoms with E-state index in [1.165, 1.54) is 20.0 Å². The highest BCUT2D eigenvalue weighted by Gasteiger charge is 2.14. The first-order valence-electron chi connectivity index (χ1n) is 4.16. The number of rotatable bonds is 4. The molecule has 0 N–H and O–H groups in total. The molecule has 76 valence electrons. The highest BCUT2D eigenvalue weighted by atomic mass is 31.2. The molecule has 0 aliphatic heterocycles. The van der Waals surface area contributed by atoms with Gasteiger partial charge in [0.15, 0.2) is 0 Å². The SMILES string of the molecule is COP(=O)(/C=C\c1ccccc1)OC. The second kappa shape index (κ2) is 5.11. The van der Waals surface area contributed by atoms with Gasteiger partial charge in [-0.1, -0.05) is 30.3 Å². The fraction of sp³-hybridized carbons (Fsp3) is 0.200. The summed E-state index contributed by atoms with van der Waals surface area (Å²) in [5, 5.41) is 0. The van der Waals surface area contributed by atoms with E-state index in [1.54, 1.807) is 6.08 Å². The highest BCUT2D eigenvalue weighted by Crippen LogP contribution is 2.48. The number of hydrogen-bond donors (Lipinski definition) is 0. The lowest BCUT2D eigenvalue weighted by atomic mass is 10.2. The van der Waals surface area contributed by atoms with Gasteiger partial charge in [-0.3, -0.25) is 4.57 Å². The van der Waals surface area contributed by atoms with Crippen molar-refractivity contribution in [3.05, 3.63) is 41.7 Å². The van der Waals surface area contributed by atoms with Gasteiger partial charge in [-0.2, -0.15) is 0 Å². The van der Waals surface area contributed by atoms with Crippen molar-refractivity contribution >= 4 is 13.7 Å². The molecular weight excluding hydrogens is 199 g/mol. The van der Waals surface area contributed by atoms with Crippen molar-refractivity contribution in [2.24, 2.45) is 0 Å². The first kappa shape index (κ1) is 11.2. The molecule has 0 bridgehead atoms. The van der Waals surface area contributed by atoms with Gasteiger partial charge in [0.2, 0.25) is 0 Å². The van der Waals surface area contributed by atoms with Crippen LogP contribution in [0.4, 0.5) is 0 Å². The Hall–Kier alpha value is -0.890. The smallest absolute Gasteiger partial charge is 0.309 e. The van der Waals surface area contributed by atoms with Gasteiger partial charge in [-0.15, -0.1) is 0 Å². The van der Waals surface area contributed by atoms with Gasteiger partial charge in [0.25, 0.3) is 0 Å². The lowest BCUT2D eigenvalue weighted by Gasteiger charge is -2.07. The maximum absolute atomic E-state index is 11.6. The summed E-state index contributed by atoms with van der Waals surface area (Å²) in [7, 11) is -0.306. The van der Waals surface area contributed by atoms with E-state index >= 15 is 0 Å². The standard InChI is InChI=1S/C10H13O3P/c1-12-14(11,13-2)9-8-10-6-4-3-5-7-10/h3-9H,1-2H3/b9-8-. The molecule has 0 saturated carbocycles. The average molecular weight is 212 g/mol. The lowest BCUT2D eigenvalue weighted by molar-refractivity contribution is 0.286. The molecule has 0 aliphatic rings. The van der Waals surface area contributed by atoms with Crippen LogP contribution in [-0.4, -0.2) is 14.2 Å². The molecule has 0 heterocycles. The van der Waals surface area contributed by atoms with Crippen molar-refractivity contribution in [3.8, 4) is 0 Å². The zero-order valence-electron chi connectivity index (χ0n) is 8.21. The molecule has 0 aliphatic carbocycles. The molecule has 0 unspecified atom stereocenters. The maximum Gasteiger partial charge on any atom is 0.353 e. The number of benzene rings is 1. The predicted molar refractivity (Wildman–Crippen MR) is 57.1 cm³/mol. The van der Waals surface area contributed by atoms with E-state index in [1.807, 2.05) is 30.3 Å². The van der Waals surface area contributed by atoms with Gasteiger partial charge in [0.1, 0.15) is 0 Å². The minimum Gasteiger partial charge on any atom is -0.309 e. The summed E-state index contributed by atoms with van der Waals surface area (Å²) in [6.45, 7) is 0. The minimum atomic E-state index is -3.03. The summed E-state index contributed by atoms with van der Waals surface area (Å²) in [5.74, 6) is 1.45. The first-order chi connectivity index (χ1) is 6.70. The highest BCUT2D eigenvalue weighted by molar-refractivity contribution is 7.57. The molecule has 3 nitrogen and oxygen atoms in total. The fourth-order valence-electron chi connectivity index (χ4n) is 0.938. The van der Waals surface area contributed by atoms with Crippen LogP contribution in [0.15, 0.2) is 36.1 Å². The second-order valence-corrected chi connectivity index (χ2v) is 4.74. The van der Waals surface area contributed by atoms with Gasteiger partial charge in [-0.25, -0.2) is 0 Å². The summed E-state index contributed by atoms with van der Waals surface area (Å²) < 4.78 is 21.1. The monoisotopic (exact) mass is 212 g/mol. The third-order valence-corrected chi connectivity index (χ3v) is 3.29. The zero-order valence-corrected chi connectivity index (χ0v) is 9.11. The van der Waals surface area contributed by atoms with Gasteiger partial charge in [-0.05, 0) is 11.6 Å². The summed E-state index contributed by atoms with van der Waals surface area (Å²) in [6, 6.07) is 9.55. The minimum absolute atomic E-state index is 0.960. The Kier molecular flexibility index (Phi) is 4.08. The van der Waals surface area contributed by atoms with Crippen LogP contribution in [0.25, 0.3) is 6.08 Å². The van der Waals surface area contributed by atoms with Gasteiger partial charge in [0.05, 0.1) is 0 Å². The zero-order chi connectivity index (χ0) is 10.4. The molecule has 4 heteroatoms. The molecule has 1 aromatic carbocycles. The van der Waals surface area contributed by atoms with Crippen molar-refractivity contribution in [1.29, 1.82) is 0 Å².